The van der Waals surface area contributed by atoms with Crippen LogP contribution in [-0.2, 0) is 9.53 Å². The van der Waals surface area contributed by atoms with Gasteiger partial charge in [0.25, 0.3) is 0 Å². The lowest BCUT2D eigenvalue weighted by atomic mass is 9.82. The van der Waals surface area contributed by atoms with E-state index in [1.165, 1.54) is 38.9 Å². The minimum Gasteiger partial charge on any atom is -0.371 e. The molecule has 0 aromatic carbocycles. The lowest BCUT2D eigenvalue weighted by Crippen LogP contribution is -2.66. The number of hydrogen-bond acceptors (Lipinski definition) is 3. The van der Waals surface area contributed by atoms with Crippen LogP contribution in [0.15, 0.2) is 0 Å². The van der Waals surface area contributed by atoms with Crippen molar-refractivity contribution >= 4 is 5.91 Å². The molecule has 3 saturated heterocycles. The Morgan fingerprint density at radius 2 is 2.00 bits per heavy atom. The summed E-state index contributed by atoms with van der Waals surface area (Å²) >= 11 is 0. The van der Waals surface area contributed by atoms with Crippen molar-refractivity contribution in [1.29, 1.82) is 0 Å². The molecule has 3 aliphatic rings. The molecule has 0 saturated carbocycles. The van der Waals surface area contributed by atoms with E-state index in [9.17, 15) is 4.79 Å². The van der Waals surface area contributed by atoms with E-state index in [1.54, 1.807) is 0 Å². The summed E-state index contributed by atoms with van der Waals surface area (Å²) in [5.41, 5.74) is 0.00808. The zero-order chi connectivity index (χ0) is 14.9. The molecule has 0 bridgehead atoms. The van der Waals surface area contributed by atoms with Crippen molar-refractivity contribution in [3.8, 4) is 0 Å². The molecule has 0 radical (unpaired) electrons. The van der Waals surface area contributed by atoms with Crippen LogP contribution in [0.1, 0.15) is 46.0 Å². The summed E-state index contributed by atoms with van der Waals surface area (Å²) in [6, 6.07) is 0. The Balaban J connectivity index is 1.39. The lowest BCUT2D eigenvalue weighted by molar-refractivity contribution is -0.190. The molecule has 3 rings (SSSR count). The first-order valence-electron chi connectivity index (χ1n) is 8.70. The van der Waals surface area contributed by atoms with Crippen molar-refractivity contribution in [2.45, 2.75) is 51.6 Å². The molecule has 3 heterocycles. The van der Waals surface area contributed by atoms with E-state index in [0.29, 0.717) is 24.2 Å². The van der Waals surface area contributed by atoms with E-state index in [1.807, 2.05) is 4.90 Å². The van der Waals surface area contributed by atoms with E-state index >= 15 is 0 Å². The predicted molar refractivity (Wildman–Crippen MR) is 83.1 cm³/mol. The van der Waals surface area contributed by atoms with Crippen molar-refractivity contribution in [2.24, 2.45) is 11.8 Å². The van der Waals surface area contributed by atoms with Crippen molar-refractivity contribution in [2.75, 3.05) is 39.3 Å². The molecular weight excluding hydrogens is 264 g/mol. The van der Waals surface area contributed by atoms with Crippen LogP contribution in [0.5, 0.6) is 0 Å². The highest BCUT2D eigenvalue weighted by atomic mass is 16.5. The highest BCUT2D eigenvalue weighted by molar-refractivity contribution is 5.77. The summed E-state index contributed by atoms with van der Waals surface area (Å²) < 4.78 is 6.19. The van der Waals surface area contributed by atoms with Crippen LogP contribution in [0.4, 0.5) is 0 Å². The zero-order valence-electron chi connectivity index (χ0n) is 13.6. The largest absolute Gasteiger partial charge is 0.371 e. The van der Waals surface area contributed by atoms with E-state index < -0.39 is 0 Å². The second-order valence-electron chi connectivity index (χ2n) is 7.75. The number of rotatable bonds is 4. The predicted octanol–water partition coefficient (Wildman–Crippen LogP) is 2.14. The number of nitrogens with zero attached hydrogens (tertiary/aromatic N) is 2. The fraction of sp³-hybridized carbons (Fsp3) is 0.941. The van der Waals surface area contributed by atoms with Crippen LogP contribution in [0.3, 0.4) is 0 Å². The van der Waals surface area contributed by atoms with Crippen LogP contribution >= 0.6 is 0 Å². The van der Waals surface area contributed by atoms with Crippen LogP contribution in [-0.4, -0.2) is 60.6 Å². The summed E-state index contributed by atoms with van der Waals surface area (Å²) in [4.78, 5) is 16.6. The van der Waals surface area contributed by atoms with Gasteiger partial charge in [-0.3, -0.25) is 4.79 Å². The van der Waals surface area contributed by atoms with Crippen LogP contribution in [0, 0.1) is 11.8 Å². The van der Waals surface area contributed by atoms with Gasteiger partial charge in [0.2, 0.25) is 5.91 Å². The summed E-state index contributed by atoms with van der Waals surface area (Å²) in [7, 11) is 0. The first kappa shape index (κ1) is 15.3. The van der Waals surface area contributed by atoms with Crippen molar-refractivity contribution < 1.29 is 9.53 Å². The fourth-order valence-corrected chi connectivity index (χ4v) is 3.95. The molecule has 0 aliphatic carbocycles. The van der Waals surface area contributed by atoms with Gasteiger partial charge in [-0.05, 0) is 50.6 Å². The van der Waals surface area contributed by atoms with E-state index in [0.717, 1.165) is 26.1 Å². The smallest absolute Gasteiger partial charge is 0.223 e. The number of amides is 1. The Bertz CT molecular complexity index is 361. The summed E-state index contributed by atoms with van der Waals surface area (Å²) in [5, 5.41) is 0. The maximum Gasteiger partial charge on any atom is 0.223 e. The number of carbonyl (C=O) groups excluding carboxylic acids is 1. The maximum absolute atomic E-state index is 12.0. The zero-order valence-corrected chi connectivity index (χ0v) is 13.6. The molecule has 0 aromatic heterocycles. The molecule has 3 fully saturated rings. The Morgan fingerprint density at radius 3 is 2.57 bits per heavy atom. The summed E-state index contributed by atoms with van der Waals surface area (Å²) in [6.07, 6.45) is 5.81. The second-order valence-corrected chi connectivity index (χ2v) is 7.75. The standard InChI is InChI=1S/C17H30N2O2/c1-14(2)9-16(20)19-12-17(13-19)6-5-15(11-21-17)10-18-7-3-4-8-18/h14-15H,3-13H2,1-2H3. The average molecular weight is 294 g/mol. The van der Waals surface area contributed by atoms with Crippen molar-refractivity contribution in [3.63, 3.8) is 0 Å². The molecule has 4 heteroatoms. The minimum absolute atomic E-state index is 0.00808. The molecule has 3 aliphatic heterocycles. The van der Waals surface area contributed by atoms with Crippen LogP contribution in [0.2, 0.25) is 0 Å². The lowest BCUT2D eigenvalue weighted by Gasteiger charge is -2.53. The number of ether oxygens (including phenoxy) is 1. The summed E-state index contributed by atoms with van der Waals surface area (Å²) in [6.45, 7) is 10.5. The van der Waals surface area contributed by atoms with Crippen LogP contribution in [0.25, 0.3) is 0 Å². The van der Waals surface area contributed by atoms with Gasteiger partial charge in [0.1, 0.15) is 5.60 Å². The van der Waals surface area contributed by atoms with Gasteiger partial charge < -0.3 is 14.5 Å². The SMILES string of the molecule is CC(C)CC(=O)N1CC2(CCC(CN3CCCC3)CO2)C1. The molecule has 4 nitrogen and oxygen atoms in total. The van der Waals surface area contributed by atoms with Gasteiger partial charge in [0.05, 0.1) is 19.7 Å². The van der Waals surface area contributed by atoms with Crippen LogP contribution < -0.4 is 0 Å². The van der Waals surface area contributed by atoms with Gasteiger partial charge in [0, 0.05) is 13.0 Å². The molecule has 21 heavy (non-hydrogen) atoms. The molecule has 0 aromatic rings. The number of carbonyl (C=O) groups is 1. The Labute approximate surface area is 128 Å². The molecule has 1 atom stereocenters. The van der Waals surface area contributed by atoms with Crippen molar-refractivity contribution in [3.05, 3.63) is 0 Å². The quantitative estimate of drug-likeness (QED) is 0.796. The Kier molecular flexibility index (Phi) is 4.55. The summed E-state index contributed by atoms with van der Waals surface area (Å²) in [5.74, 6) is 1.46. The molecule has 0 N–H and O–H groups in total. The third-order valence-electron chi connectivity index (χ3n) is 5.24. The Morgan fingerprint density at radius 1 is 1.29 bits per heavy atom. The molecule has 1 unspecified atom stereocenters. The van der Waals surface area contributed by atoms with Gasteiger partial charge in [0.15, 0.2) is 0 Å². The minimum atomic E-state index is 0.00808. The monoisotopic (exact) mass is 294 g/mol. The topological polar surface area (TPSA) is 32.8 Å². The fourth-order valence-electron chi connectivity index (χ4n) is 3.95. The molecule has 120 valence electrons. The second kappa shape index (κ2) is 6.25. The van der Waals surface area contributed by atoms with Gasteiger partial charge >= 0.3 is 0 Å². The first-order chi connectivity index (χ1) is 10.1. The normalized spacial score (nSPS) is 29.1. The Hall–Kier alpha value is -0.610. The van der Waals surface area contributed by atoms with Gasteiger partial charge in [-0.2, -0.15) is 0 Å². The number of hydrogen-bond donors (Lipinski definition) is 0. The highest BCUT2D eigenvalue weighted by Gasteiger charge is 2.48. The maximum atomic E-state index is 12.0. The van der Waals surface area contributed by atoms with E-state index in [2.05, 4.69) is 18.7 Å². The van der Waals surface area contributed by atoms with E-state index in [-0.39, 0.29) is 5.60 Å². The first-order valence-corrected chi connectivity index (χ1v) is 8.70. The van der Waals surface area contributed by atoms with Gasteiger partial charge in [-0.25, -0.2) is 0 Å². The third-order valence-corrected chi connectivity index (χ3v) is 5.24. The van der Waals surface area contributed by atoms with E-state index in [4.69, 9.17) is 4.74 Å². The average Bonchev–Trinajstić information content (AvgIpc) is 2.89. The highest BCUT2D eigenvalue weighted by Crippen LogP contribution is 2.36. The molecular formula is C17H30N2O2. The van der Waals surface area contributed by atoms with Crippen molar-refractivity contribution in [1.82, 2.24) is 9.80 Å². The third kappa shape index (κ3) is 3.59. The number of likely N-dealkylation sites (tertiary alicyclic amines) is 2. The molecule has 1 amide bonds. The van der Waals surface area contributed by atoms with Gasteiger partial charge in [-0.1, -0.05) is 13.8 Å². The molecule has 1 spiro atoms. The van der Waals surface area contributed by atoms with Gasteiger partial charge in [-0.15, -0.1) is 0 Å².